The van der Waals surface area contributed by atoms with Gasteiger partial charge in [0, 0.05) is 0 Å². The SMILES string of the molecule is Cc1cc(C#N)cc(C#N)c1N/N=C(\C#N)C(=N)N. The van der Waals surface area contributed by atoms with Crippen molar-refractivity contribution in [3.05, 3.63) is 28.8 Å². The number of hydrogen-bond acceptors (Lipinski definition) is 6. The Labute approximate surface area is 109 Å². The van der Waals surface area contributed by atoms with Gasteiger partial charge >= 0.3 is 0 Å². The Morgan fingerprint density at radius 3 is 2.47 bits per heavy atom. The number of benzene rings is 1. The number of nitrogens with one attached hydrogen (secondary N) is 2. The molecule has 0 spiro atoms. The van der Waals surface area contributed by atoms with Crippen LogP contribution < -0.4 is 11.2 Å². The van der Waals surface area contributed by atoms with Gasteiger partial charge in [-0.1, -0.05) is 0 Å². The van der Waals surface area contributed by atoms with E-state index in [0.717, 1.165) is 0 Å². The Morgan fingerprint density at radius 2 is 2.00 bits per heavy atom. The number of nitrogens with zero attached hydrogens (tertiary/aromatic N) is 4. The molecule has 19 heavy (non-hydrogen) atoms. The lowest BCUT2D eigenvalue weighted by atomic mass is 10.1. The Kier molecular flexibility index (Phi) is 4.19. The fraction of sp³-hybridized carbons (Fsp3) is 0.0833. The van der Waals surface area contributed by atoms with Gasteiger partial charge in [0.1, 0.15) is 12.1 Å². The third-order valence-corrected chi connectivity index (χ3v) is 2.23. The Balaban J connectivity index is 3.24. The summed E-state index contributed by atoms with van der Waals surface area (Å²) < 4.78 is 0. The van der Waals surface area contributed by atoms with E-state index in [1.807, 2.05) is 12.1 Å². The topological polar surface area (TPSA) is 146 Å². The highest BCUT2D eigenvalue weighted by molar-refractivity contribution is 6.45. The number of amidine groups is 1. The summed E-state index contributed by atoms with van der Waals surface area (Å²) in [5.41, 5.74) is 8.97. The molecule has 0 amide bonds. The fourth-order valence-electron chi connectivity index (χ4n) is 1.35. The quantitative estimate of drug-likeness (QED) is 0.416. The Hall–Kier alpha value is -3.37. The van der Waals surface area contributed by atoms with Crippen molar-refractivity contribution in [1.82, 2.24) is 0 Å². The lowest BCUT2D eigenvalue weighted by Crippen LogP contribution is -2.22. The summed E-state index contributed by atoms with van der Waals surface area (Å²) in [5.74, 6) is -0.472. The number of nitrogens with two attached hydrogens (primary N) is 1. The van der Waals surface area contributed by atoms with Crippen molar-refractivity contribution in [3.8, 4) is 18.2 Å². The summed E-state index contributed by atoms with van der Waals surface area (Å²) in [4.78, 5) is 0. The number of hydrazone groups is 1. The highest BCUT2D eigenvalue weighted by Gasteiger charge is 2.09. The summed E-state index contributed by atoms with van der Waals surface area (Å²) in [6, 6.07) is 8.52. The van der Waals surface area contributed by atoms with E-state index in [2.05, 4.69) is 10.5 Å². The predicted octanol–water partition coefficient (Wildman–Crippen LogP) is 0.966. The van der Waals surface area contributed by atoms with Gasteiger partial charge in [-0.15, -0.1) is 0 Å². The second kappa shape index (κ2) is 5.81. The maximum absolute atomic E-state index is 9.01. The van der Waals surface area contributed by atoms with E-state index >= 15 is 0 Å². The molecule has 0 bridgehead atoms. The molecule has 0 unspecified atom stereocenters. The molecule has 4 N–H and O–H groups in total. The van der Waals surface area contributed by atoms with Gasteiger partial charge in [-0.25, -0.2) is 0 Å². The minimum atomic E-state index is -0.472. The molecular formula is C12H9N7. The molecule has 1 aromatic carbocycles. The summed E-state index contributed by atoms with van der Waals surface area (Å²) in [6.07, 6.45) is 0. The molecule has 0 fully saturated rings. The van der Waals surface area contributed by atoms with E-state index in [1.165, 1.54) is 6.07 Å². The van der Waals surface area contributed by atoms with Crippen LogP contribution in [0.25, 0.3) is 0 Å². The number of rotatable bonds is 3. The van der Waals surface area contributed by atoms with Crippen LogP contribution in [0.1, 0.15) is 16.7 Å². The molecule has 92 valence electrons. The summed E-state index contributed by atoms with van der Waals surface area (Å²) in [6.45, 7) is 1.69. The average molecular weight is 251 g/mol. The molecule has 0 aliphatic carbocycles. The molecule has 0 saturated carbocycles. The molecular weight excluding hydrogens is 242 g/mol. The lowest BCUT2D eigenvalue weighted by molar-refractivity contribution is 1.28. The molecule has 0 radical (unpaired) electrons. The number of aryl methyl sites for hydroxylation is 1. The summed E-state index contributed by atoms with van der Waals surface area (Å²) in [5, 5.41) is 37.3. The van der Waals surface area contributed by atoms with Gasteiger partial charge < -0.3 is 5.73 Å². The maximum atomic E-state index is 9.01. The van der Waals surface area contributed by atoms with Gasteiger partial charge in [0.15, 0.2) is 5.84 Å². The van der Waals surface area contributed by atoms with Gasteiger partial charge in [-0.05, 0) is 24.6 Å². The second-order valence-corrected chi connectivity index (χ2v) is 3.54. The summed E-state index contributed by atoms with van der Waals surface area (Å²) >= 11 is 0. The average Bonchev–Trinajstić information content (AvgIpc) is 2.39. The zero-order valence-corrected chi connectivity index (χ0v) is 10.0. The van der Waals surface area contributed by atoms with E-state index in [1.54, 1.807) is 19.1 Å². The minimum Gasteiger partial charge on any atom is -0.382 e. The Morgan fingerprint density at radius 1 is 1.32 bits per heavy atom. The van der Waals surface area contributed by atoms with Crippen LogP contribution in [0.3, 0.4) is 0 Å². The molecule has 0 aliphatic rings. The monoisotopic (exact) mass is 251 g/mol. The smallest absolute Gasteiger partial charge is 0.201 e. The van der Waals surface area contributed by atoms with Crippen LogP contribution in [0.5, 0.6) is 0 Å². The molecule has 1 rings (SSSR count). The van der Waals surface area contributed by atoms with E-state index in [9.17, 15) is 0 Å². The van der Waals surface area contributed by atoms with Crippen molar-refractivity contribution in [2.24, 2.45) is 10.8 Å². The molecule has 0 saturated heterocycles. The van der Waals surface area contributed by atoms with Crippen molar-refractivity contribution in [2.75, 3.05) is 5.43 Å². The van der Waals surface area contributed by atoms with Crippen LogP contribution in [0, 0.1) is 46.3 Å². The van der Waals surface area contributed by atoms with Crippen LogP contribution >= 0.6 is 0 Å². The van der Waals surface area contributed by atoms with Crippen LogP contribution in [-0.4, -0.2) is 11.5 Å². The van der Waals surface area contributed by atoms with Crippen molar-refractivity contribution in [3.63, 3.8) is 0 Å². The first-order valence-corrected chi connectivity index (χ1v) is 5.06. The van der Waals surface area contributed by atoms with Crippen molar-refractivity contribution >= 4 is 17.2 Å². The molecule has 7 nitrogen and oxygen atoms in total. The first kappa shape index (κ1) is 13.7. The highest BCUT2D eigenvalue weighted by atomic mass is 15.3. The van der Waals surface area contributed by atoms with Crippen molar-refractivity contribution < 1.29 is 0 Å². The van der Waals surface area contributed by atoms with Crippen LogP contribution in [0.15, 0.2) is 17.2 Å². The molecule has 1 aromatic rings. The zero-order chi connectivity index (χ0) is 14.4. The van der Waals surface area contributed by atoms with Gasteiger partial charge in [0.05, 0.1) is 22.9 Å². The third kappa shape index (κ3) is 3.06. The van der Waals surface area contributed by atoms with Crippen LogP contribution in [-0.2, 0) is 0 Å². The Bertz CT molecular complexity index is 680. The van der Waals surface area contributed by atoms with E-state index in [0.29, 0.717) is 16.8 Å². The van der Waals surface area contributed by atoms with Crippen molar-refractivity contribution in [2.45, 2.75) is 6.92 Å². The fourth-order valence-corrected chi connectivity index (χ4v) is 1.35. The predicted molar refractivity (Wildman–Crippen MR) is 69.2 cm³/mol. The first-order chi connectivity index (χ1) is 9.03. The van der Waals surface area contributed by atoms with Gasteiger partial charge in [0.25, 0.3) is 0 Å². The minimum absolute atomic E-state index is 0.223. The molecule has 0 heterocycles. The maximum Gasteiger partial charge on any atom is 0.201 e. The highest BCUT2D eigenvalue weighted by Crippen LogP contribution is 2.22. The largest absolute Gasteiger partial charge is 0.382 e. The first-order valence-electron chi connectivity index (χ1n) is 5.06. The molecule has 0 aromatic heterocycles. The number of hydrogen-bond donors (Lipinski definition) is 3. The van der Waals surface area contributed by atoms with Crippen molar-refractivity contribution in [1.29, 1.82) is 21.2 Å². The standard InChI is InChI=1S/C12H9N7/c1-7-2-8(4-13)3-9(5-14)11(7)19-18-10(6-15)12(16)17/h2-3,19H,1H3,(H3,16,17)/b18-10+. The lowest BCUT2D eigenvalue weighted by Gasteiger charge is -2.08. The van der Waals surface area contributed by atoms with Crippen LogP contribution in [0.4, 0.5) is 5.69 Å². The van der Waals surface area contributed by atoms with Gasteiger partial charge in [0.2, 0.25) is 5.71 Å². The van der Waals surface area contributed by atoms with Gasteiger partial charge in [-0.3, -0.25) is 10.8 Å². The number of anilines is 1. The molecule has 0 atom stereocenters. The van der Waals surface area contributed by atoms with E-state index in [-0.39, 0.29) is 11.3 Å². The number of nitriles is 3. The van der Waals surface area contributed by atoms with E-state index < -0.39 is 5.84 Å². The summed E-state index contributed by atoms with van der Waals surface area (Å²) in [7, 11) is 0. The van der Waals surface area contributed by atoms with E-state index in [4.69, 9.17) is 26.9 Å². The third-order valence-electron chi connectivity index (χ3n) is 2.23. The van der Waals surface area contributed by atoms with Gasteiger partial charge in [-0.2, -0.15) is 20.9 Å². The second-order valence-electron chi connectivity index (χ2n) is 3.54. The molecule has 7 heteroatoms. The normalized spacial score (nSPS) is 9.89. The molecule has 0 aliphatic heterocycles. The van der Waals surface area contributed by atoms with Crippen LogP contribution in [0.2, 0.25) is 0 Å². The zero-order valence-electron chi connectivity index (χ0n) is 10.0.